The Morgan fingerprint density at radius 1 is 1.50 bits per heavy atom. The fourth-order valence-corrected chi connectivity index (χ4v) is 3.26. The molecule has 4 heteroatoms. The van der Waals surface area contributed by atoms with Gasteiger partial charge >= 0.3 is 0 Å². The smallest absolute Gasteiger partial charge is 0.222 e. The Kier molecular flexibility index (Phi) is 2.17. The largest absolute Gasteiger partial charge is 0.368 e. The molecule has 0 saturated carbocycles. The van der Waals surface area contributed by atoms with E-state index < -0.39 is 0 Å². The summed E-state index contributed by atoms with van der Waals surface area (Å²) < 4.78 is 4.93. The molecule has 1 aromatic carbocycles. The van der Waals surface area contributed by atoms with Gasteiger partial charge in [-0.3, -0.25) is 0 Å². The van der Waals surface area contributed by atoms with Crippen LogP contribution in [-0.4, -0.2) is 10.4 Å². The molecule has 0 bridgehead atoms. The second-order valence-electron chi connectivity index (χ2n) is 4.03. The highest BCUT2D eigenvalue weighted by atomic mass is 32.2. The van der Waals surface area contributed by atoms with Gasteiger partial charge in [0.05, 0.1) is 0 Å². The molecule has 0 amide bonds. The van der Waals surface area contributed by atoms with Crippen molar-refractivity contribution < 1.29 is 4.52 Å². The molecule has 1 aromatic heterocycles. The molecule has 1 aliphatic rings. The molecule has 3 nitrogen and oxygen atoms in total. The van der Waals surface area contributed by atoms with Gasteiger partial charge in [0.15, 0.2) is 0 Å². The summed E-state index contributed by atoms with van der Waals surface area (Å²) in [6, 6.07) is 8.08. The normalized spacial score (nSPS) is 18.7. The number of fused-ring (bicyclic) bond motifs is 1. The number of hydrogen-bond donors (Lipinski definition) is 1. The molecule has 3 rings (SSSR count). The monoisotopic (exact) mass is 232 g/mol. The quantitative estimate of drug-likeness (QED) is 0.821. The van der Waals surface area contributed by atoms with E-state index in [9.17, 15) is 0 Å². The van der Waals surface area contributed by atoms with Crippen molar-refractivity contribution in [3.8, 4) is 11.3 Å². The maximum atomic E-state index is 5.55. The summed E-state index contributed by atoms with van der Waals surface area (Å²) in [5, 5.41) is 4.62. The third-order valence-corrected chi connectivity index (χ3v) is 3.96. The summed E-state index contributed by atoms with van der Waals surface area (Å²) in [6.45, 7) is 2.24. The average Bonchev–Trinajstić information content (AvgIpc) is 2.82. The van der Waals surface area contributed by atoms with Crippen LogP contribution in [0.4, 0.5) is 5.88 Å². The molecule has 82 valence electrons. The number of nitrogens with two attached hydrogens (primary N) is 1. The van der Waals surface area contributed by atoms with E-state index in [4.69, 9.17) is 10.3 Å². The fourth-order valence-electron chi connectivity index (χ4n) is 2.09. The molecular weight excluding hydrogens is 220 g/mol. The first-order valence-corrected chi connectivity index (χ1v) is 6.13. The van der Waals surface area contributed by atoms with E-state index in [2.05, 4.69) is 30.3 Å². The highest BCUT2D eigenvalue weighted by Crippen LogP contribution is 2.41. The second kappa shape index (κ2) is 3.56. The van der Waals surface area contributed by atoms with E-state index in [0.29, 0.717) is 11.1 Å². The first-order chi connectivity index (χ1) is 7.74. The number of anilines is 1. The van der Waals surface area contributed by atoms with Crippen molar-refractivity contribution in [1.29, 1.82) is 0 Å². The number of rotatable bonds is 1. The first-order valence-electron chi connectivity index (χ1n) is 5.25. The van der Waals surface area contributed by atoms with Gasteiger partial charge in [-0.25, -0.2) is 0 Å². The van der Waals surface area contributed by atoms with Crippen molar-refractivity contribution in [3.05, 3.63) is 29.8 Å². The van der Waals surface area contributed by atoms with Crippen LogP contribution in [0.3, 0.4) is 0 Å². The molecule has 2 aromatic rings. The molecule has 2 N–H and O–H groups in total. The molecule has 1 atom stereocenters. The van der Waals surface area contributed by atoms with Crippen LogP contribution in [0.1, 0.15) is 12.5 Å². The second-order valence-corrected chi connectivity index (χ2v) is 5.51. The first kappa shape index (κ1) is 9.78. The zero-order valence-electron chi connectivity index (χ0n) is 8.93. The summed E-state index contributed by atoms with van der Waals surface area (Å²) in [5.41, 5.74) is 8.91. The van der Waals surface area contributed by atoms with Crippen LogP contribution in [0.15, 0.2) is 33.7 Å². The van der Waals surface area contributed by atoms with Crippen LogP contribution >= 0.6 is 11.8 Å². The van der Waals surface area contributed by atoms with Crippen molar-refractivity contribution in [2.75, 3.05) is 5.73 Å². The SMILES string of the molecule is CC1Cc2c(cccc2-c2cc(N)on2)S1. The maximum absolute atomic E-state index is 5.55. The van der Waals surface area contributed by atoms with E-state index in [1.54, 1.807) is 6.07 Å². The number of nitrogens with zero attached hydrogens (tertiary/aromatic N) is 1. The van der Waals surface area contributed by atoms with Crippen molar-refractivity contribution in [1.82, 2.24) is 5.16 Å². The molecule has 16 heavy (non-hydrogen) atoms. The van der Waals surface area contributed by atoms with Gasteiger partial charge in [-0.2, -0.15) is 0 Å². The molecule has 1 aliphatic heterocycles. The minimum Gasteiger partial charge on any atom is -0.368 e. The van der Waals surface area contributed by atoms with Gasteiger partial charge in [-0.15, -0.1) is 11.8 Å². The Labute approximate surface area is 98.0 Å². The van der Waals surface area contributed by atoms with Crippen LogP contribution in [0.2, 0.25) is 0 Å². The minimum atomic E-state index is 0.367. The standard InChI is InChI=1S/C12H12N2OS/c1-7-5-9-8(3-2-4-11(9)16-7)10-6-12(13)15-14-10/h2-4,6-7H,5,13H2,1H3. The van der Waals surface area contributed by atoms with E-state index in [-0.39, 0.29) is 0 Å². The van der Waals surface area contributed by atoms with Crippen molar-refractivity contribution in [2.45, 2.75) is 23.5 Å². The Balaban J connectivity index is 2.13. The molecule has 0 aliphatic carbocycles. The molecule has 0 radical (unpaired) electrons. The molecule has 1 unspecified atom stereocenters. The van der Waals surface area contributed by atoms with Crippen molar-refractivity contribution in [3.63, 3.8) is 0 Å². The van der Waals surface area contributed by atoms with Gasteiger partial charge in [-0.05, 0) is 18.1 Å². The Bertz CT molecular complexity index is 536. The highest BCUT2D eigenvalue weighted by Gasteiger charge is 2.22. The van der Waals surface area contributed by atoms with E-state index in [0.717, 1.165) is 17.7 Å². The van der Waals surface area contributed by atoms with Gasteiger partial charge in [0, 0.05) is 21.8 Å². The number of benzene rings is 1. The lowest BCUT2D eigenvalue weighted by Gasteiger charge is -2.03. The number of nitrogen functional groups attached to an aromatic ring is 1. The fraction of sp³-hybridized carbons (Fsp3) is 0.250. The molecular formula is C12H12N2OS. The number of aromatic nitrogens is 1. The topological polar surface area (TPSA) is 52.0 Å². The predicted molar refractivity (Wildman–Crippen MR) is 65.4 cm³/mol. The molecule has 2 heterocycles. The Morgan fingerprint density at radius 3 is 3.12 bits per heavy atom. The van der Waals surface area contributed by atoms with Crippen LogP contribution in [-0.2, 0) is 6.42 Å². The zero-order valence-corrected chi connectivity index (χ0v) is 9.75. The van der Waals surface area contributed by atoms with E-state index in [1.807, 2.05) is 11.8 Å². The lowest BCUT2D eigenvalue weighted by molar-refractivity contribution is 0.439. The van der Waals surface area contributed by atoms with E-state index >= 15 is 0 Å². The van der Waals surface area contributed by atoms with Gasteiger partial charge in [0.2, 0.25) is 5.88 Å². The summed E-state index contributed by atoms with van der Waals surface area (Å²) in [6.07, 6.45) is 1.09. The predicted octanol–water partition coefficient (Wildman–Crippen LogP) is 2.96. The van der Waals surface area contributed by atoms with Crippen LogP contribution in [0.5, 0.6) is 0 Å². The summed E-state index contributed by atoms with van der Waals surface area (Å²) >= 11 is 1.92. The van der Waals surface area contributed by atoms with Gasteiger partial charge < -0.3 is 10.3 Å². The van der Waals surface area contributed by atoms with E-state index in [1.165, 1.54) is 10.5 Å². The van der Waals surface area contributed by atoms with Crippen LogP contribution in [0, 0.1) is 0 Å². The molecule has 0 fully saturated rings. The highest BCUT2D eigenvalue weighted by molar-refractivity contribution is 8.00. The molecule has 0 saturated heterocycles. The maximum Gasteiger partial charge on any atom is 0.222 e. The van der Waals surface area contributed by atoms with Gasteiger partial charge in [0.1, 0.15) is 5.69 Å². The lowest BCUT2D eigenvalue weighted by Crippen LogP contribution is -1.93. The number of hydrogen-bond acceptors (Lipinski definition) is 4. The third-order valence-electron chi connectivity index (χ3n) is 2.76. The average molecular weight is 232 g/mol. The van der Waals surface area contributed by atoms with Gasteiger partial charge in [-0.1, -0.05) is 24.2 Å². The third kappa shape index (κ3) is 1.50. The Hall–Kier alpha value is -1.42. The summed E-state index contributed by atoms with van der Waals surface area (Å²) in [7, 11) is 0. The number of thioether (sulfide) groups is 1. The van der Waals surface area contributed by atoms with Crippen LogP contribution < -0.4 is 5.73 Å². The molecule has 0 spiro atoms. The summed E-state index contributed by atoms with van der Waals surface area (Å²) in [4.78, 5) is 1.35. The summed E-state index contributed by atoms with van der Waals surface area (Å²) in [5.74, 6) is 0.367. The van der Waals surface area contributed by atoms with Crippen LogP contribution in [0.25, 0.3) is 11.3 Å². The minimum absolute atomic E-state index is 0.367. The van der Waals surface area contributed by atoms with Gasteiger partial charge in [0.25, 0.3) is 0 Å². The Morgan fingerprint density at radius 2 is 2.38 bits per heavy atom. The lowest BCUT2D eigenvalue weighted by atomic mass is 10.0. The van der Waals surface area contributed by atoms with Crippen molar-refractivity contribution in [2.24, 2.45) is 0 Å². The van der Waals surface area contributed by atoms with Crippen molar-refractivity contribution >= 4 is 17.6 Å². The zero-order chi connectivity index (χ0) is 11.1.